The Kier molecular flexibility index (Phi) is 6.87. The molecule has 6 nitrogen and oxygen atoms in total. The summed E-state index contributed by atoms with van der Waals surface area (Å²) >= 11 is 0. The van der Waals surface area contributed by atoms with Crippen LogP contribution in [0.3, 0.4) is 0 Å². The number of carboxylic acid groups (broad SMARTS) is 1. The summed E-state index contributed by atoms with van der Waals surface area (Å²) in [6, 6.07) is 7.88. The van der Waals surface area contributed by atoms with Gasteiger partial charge in [-0.05, 0) is 37.6 Å². The minimum atomic E-state index is -1.21. The number of carbonyl (C=O) groups is 3. The summed E-state index contributed by atoms with van der Waals surface area (Å²) in [5.74, 6) is -2.84. The summed E-state index contributed by atoms with van der Waals surface area (Å²) in [5, 5.41) is 11.9. The van der Waals surface area contributed by atoms with E-state index in [1.807, 2.05) is 19.9 Å². The number of ether oxygens (including phenoxy) is 1. The number of ketones is 1. The second-order valence-electron chi connectivity index (χ2n) is 6.53. The smallest absolute Gasteiger partial charge is 0.330 e. The largest absolute Gasteiger partial charge is 0.494 e. The number of aryl methyl sites for hydroxylation is 2. The fraction of sp³-hybridized carbons (Fsp3) is 0.286. The zero-order chi connectivity index (χ0) is 20.8. The van der Waals surface area contributed by atoms with Crippen LogP contribution in [0.15, 0.2) is 36.4 Å². The van der Waals surface area contributed by atoms with Crippen LogP contribution < -0.4 is 10.1 Å². The van der Waals surface area contributed by atoms with Crippen molar-refractivity contribution in [2.45, 2.75) is 32.7 Å². The van der Waals surface area contributed by atoms with Crippen LogP contribution in [0.5, 0.6) is 5.75 Å². The van der Waals surface area contributed by atoms with Crippen molar-refractivity contribution in [3.8, 4) is 5.75 Å². The number of carbonyl (C=O) groups excluding carboxylic acids is 2. The molecule has 0 aliphatic rings. The van der Waals surface area contributed by atoms with E-state index in [-0.39, 0.29) is 24.2 Å². The van der Waals surface area contributed by atoms with Gasteiger partial charge in [0, 0.05) is 18.4 Å². The second-order valence-corrected chi connectivity index (χ2v) is 6.53. The molecule has 0 fully saturated rings. The average Bonchev–Trinajstić information content (AvgIpc) is 2.62. The average molecular weight is 387 g/mol. The Morgan fingerprint density at radius 1 is 1.07 bits per heavy atom. The Labute approximate surface area is 162 Å². The summed E-state index contributed by atoms with van der Waals surface area (Å²) in [7, 11) is 1.32. The number of amides is 1. The van der Waals surface area contributed by atoms with Gasteiger partial charge < -0.3 is 15.2 Å². The summed E-state index contributed by atoms with van der Waals surface area (Å²) in [6.45, 7) is 3.67. The number of benzene rings is 2. The molecule has 2 rings (SSSR count). The van der Waals surface area contributed by atoms with E-state index in [0.717, 1.165) is 17.2 Å². The van der Waals surface area contributed by atoms with Crippen molar-refractivity contribution in [3.05, 3.63) is 64.5 Å². The molecule has 0 aliphatic heterocycles. The lowest BCUT2D eigenvalue weighted by Gasteiger charge is -2.16. The van der Waals surface area contributed by atoms with E-state index in [1.54, 1.807) is 12.1 Å². The quantitative estimate of drug-likeness (QED) is 0.678. The molecule has 0 saturated carbocycles. The first-order valence-corrected chi connectivity index (χ1v) is 8.68. The Bertz CT molecular complexity index is 889. The number of carboxylic acids is 1. The topological polar surface area (TPSA) is 92.7 Å². The normalized spacial score (nSPS) is 11.6. The monoisotopic (exact) mass is 387 g/mol. The van der Waals surface area contributed by atoms with Crippen LogP contribution >= 0.6 is 0 Å². The van der Waals surface area contributed by atoms with Gasteiger partial charge in [0.1, 0.15) is 0 Å². The molecule has 0 radical (unpaired) electrons. The number of nitrogens with one attached hydrogen (secondary N) is 1. The molecule has 148 valence electrons. The number of rotatable bonds is 8. The molecule has 2 aromatic carbocycles. The SMILES string of the molecule is COc1ccc(C(=O)CCC(=O)NC(C(=O)O)c2cc(C)cc(C)c2)cc1F. The van der Waals surface area contributed by atoms with E-state index in [9.17, 15) is 23.9 Å². The first kappa shape index (κ1) is 21.1. The van der Waals surface area contributed by atoms with Gasteiger partial charge in [0.2, 0.25) is 5.91 Å². The van der Waals surface area contributed by atoms with Gasteiger partial charge in [-0.3, -0.25) is 9.59 Å². The Hall–Kier alpha value is -3.22. The molecule has 1 amide bonds. The van der Waals surface area contributed by atoms with Crippen molar-refractivity contribution < 1.29 is 28.6 Å². The van der Waals surface area contributed by atoms with Gasteiger partial charge in [-0.15, -0.1) is 0 Å². The van der Waals surface area contributed by atoms with E-state index >= 15 is 0 Å². The van der Waals surface area contributed by atoms with Crippen molar-refractivity contribution in [2.24, 2.45) is 0 Å². The molecule has 0 aromatic heterocycles. The standard InChI is InChI=1S/C21H22FNO5/c1-12-8-13(2)10-15(9-12)20(21(26)27)23-19(25)7-5-17(24)14-4-6-18(28-3)16(22)11-14/h4,6,8-11,20H,5,7H2,1-3H3,(H,23,25)(H,26,27). The molecule has 0 saturated heterocycles. The molecule has 0 heterocycles. The molecule has 2 N–H and O–H groups in total. The van der Waals surface area contributed by atoms with Gasteiger partial charge in [0.15, 0.2) is 23.4 Å². The van der Waals surface area contributed by atoms with Crippen LogP contribution in [-0.2, 0) is 9.59 Å². The molecule has 28 heavy (non-hydrogen) atoms. The third-order valence-corrected chi connectivity index (χ3v) is 4.18. The lowest BCUT2D eigenvalue weighted by molar-refractivity contribution is -0.142. The van der Waals surface area contributed by atoms with Crippen LogP contribution in [0.4, 0.5) is 4.39 Å². The molecule has 2 aromatic rings. The van der Waals surface area contributed by atoms with Crippen LogP contribution in [0.25, 0.3) is 0 Å². The van der Waals surface area contributed by atoms with Gasteiger partial charge in [-0.2, -0.15) is 0 Å². The first-order valence-electron chi connectivity index (χ1n) is 8.68. The number of hydrogen-bond donors (Lipinski definition) is 2. The van der Waals surface area contributed by atoms with Gasteiger partial charge in [0.05, 0.1) is 7.11 Å². The summed E-state index contributed by atoms with van der Waals surface area (Å²) < 4.78 is 18.5. The molecule has 7 heteroatoms. The number of aliphatic carboxylic acids is 1. The van der Waals surface area contributed by atoms with E-state index in [4.69, 9.17) is 4.74 Å². The molecule has 0 aliphatic carbocycles. The minimum absolute atomic E-state index is 0.0204. The number of hydrogen-bond acceptors (Lipinski definition) is 4. The van der Waals surface area contributed by atoms with E-state index in [1.165, 1.54) is 19.2 Å². The third-order valence-electron chi connectivity index (χ3n) is 4.18. The highest BCUT2D eigenvalue weighted by molar-refractivity contribution is 5.98. The minimum Gasteiger partial charge on any atom is -0.494 e. The molecular formula is C21H22FNO5. The lowest BCUT2D eigenvalue weighted by atomic mass is 10.0. The van der Waals surface area contributed by atoms with Crippen LogP contribution in [0.2, 0.25) is 0 Å². The van der Waals surface area contributed by atoms with Gasteiger partial charge in [-0.25, -0.2) is 9.18 Å². The third kappa shape index (κ3) is 5.39. The highest BCUT2D eigenvalue weighted by atomic mass is 19.1. The Morgan fingerprint density at radius 2 is 1.71 bits per heavy atom. The fourth-order valence-electron chi connectivity index (χ4n) is 2.91. The van der Waals surface area contributed by atoms with Crippen LogP contribution in [0, 0.1) is 19.7 Å². The summed E-state index contributed by atoms with van der Waals surface area (Å²) in [6.07, 6.45) is -0.377. The maximum Gasteiger partial charge on any atom is 0.330 e. The maximum atomic E-state index is 13.7. The zero-order valence-corrected chi connectivity index (χ0v) is 15.9. The molecule has 1 unspecified atom stereocenters. The van der Waals surface area contributed by atoms with Crippen molar-refractivity contribution in [1.82, 2.24) is 5.32 Å². The van der Waals surface area contributed by atoms with Gasteiger partial charge in [0.25, 0.3) is 0 Å². The Balaban J connectivity index is 2.02. The van der Waals surface area contributed by atoms with Crippen molar-refractivity contribution >= 4 is 17.7 Å². The highest BCUT2D eigenvalue weighted by Crippen LogP contribution is 2.20. The predicted octanol–water partition coefficient (Wildman–Crippen LogP) is 3.36. The van der Waals surface area contributed by atoms with Gasteiger partial charge >= 0.3 is 5.97 Å². The molecule has 1 atom stereocenters. The van der Waals surface area contributed by atoms with Crippen molar-refractivity contribution in [3.63, 3.8) is 0 Å². The number of Topliss-reactive ketones (excluding diaryl/α,β-unsaturated/α-hetero) is 1. The fourth-order valence-corrected chi connectivity index (χ4v) is 2.91. The first-order chi connectivity index (χ1) is 13.2. The summed E-state index contributed by atoms with van der Waals surface area (Å²) in [5.41, 5.74) is 2.34. The van der Waals surface area contributed by atoms with Crippen LogP contribution in [0.1, 0.15) is 45.9 Å². The lowest BCUT2D eigenvalue weighted by Crippen LogP contribution is -2.34. The molecular weight excluding hydrogens is 365 g/mol. The highest BCUT2D eigenvalue weighted by Gasteiger charge is 2.23. The van der Waals surface area contributed by atoms with E-state index < -0.39 is 29.5 Å². The number of methoxy groups -OCH3 is 1. The number of halogens is 1. The Morgan fingerprint density at radius 3 is 2.25 bits per heavy atom. The zero-order valence-electron chi connectivity index (χ0n) is 15.9. The summed E-state index contributed by atoms with van der Waals surface area (Å²) in [4.78, 5) is 35.9. The van der Waals surface area contributed by atoms with Gasteiger partial charge in [-0.1, -0.05) is 29.3 Å². The maximum absolute atomic E-state index is 13.7. The molecule has 0 bridgehead atoms. The van der Waals surface area contributed by atoms with Crippen molar-refractivity contribution in [1.29, 1.82) is 0 Å². The van der Waals surface area contributed by atoms with Crippen molar-refractivity contribution in [2.75, 3.05) is 7.11 Å². The molecule has 0 spiro atoms. The second kappa shape index (κ2) is 9.12. The van der Waals surface area contributed by atoms with E-state index in [0.29, 0.717) is 5.56 Å². The predicted molar refractivity (Wildman–Crippen MR) is 101 cm³/mol. The van der Waals surface area contributed by atoms with E-state index in [2.05, 4.69) is 5.32 Å². The van der Waals surface area contributed by atoms with Crippen LogP contribution in [-0.4, -0.2) is 29.9 Å².